The van der Waals surface area contributed by atoms with Crippen LogP contribution in [0.3, 0.4) is 0 Å². The molecule has 0 atom stereocenters. The molecule has 0 unspecified atom stereocenters. The van der Waals surface area contributed by atoms with Crippen molar-refractivity contribution in [2.24, 2.45) is 0 Å². The third-order valence-electron chi connectivity index (χ3n) is 2.42. The molecule has 0 amide bonds. The van der Waals surface area contributed by atoms with Crippen molar-refractivity contribution in [2.45, 2.75) is 13.8 Å². The molecule has 0 aliphatic carbocycles. The molecule has 20 heavy (non-hydrogen) atoms. The zero-order valence-corrected chi connectivity index (χ0v) is 12.6. The summed E-state index contributed by atoms with van der Waals surface area (Å²) in [5.74, 6) is 0. The monoisotopic (exact) mass is 294 g/mol. The van der Waals surface area contributed by atoms with Gasteiger partial charge in [0, 0.05) is 5.56 Å². The summed E-state index contributed by atoms with van der Waals surface area (Å²) in [6.07, 6.45) is 6.85. The summed E-state index contributed by atoms with van der Waals surface area (Å²) in [7, 11) is -3.83. The van der Waals surface area contributed by atoms with E-state index >= 15 is 0 Å². The van der Waals surface area contributed by atoms with Gasteiger partial charge in [0.2, 0.25) is 0 Å². The van der Waals surface area contributed by atoms with E-state index in [1.165, 1.54) is 0 Å². The van der Waals surface area contributed by atoms with Gasteiger partial charge < -0.3 is 0 Å². The second-order valence-electron chi connectivity index (χ2n) is 3.90. The minimum atomic E-state index is -3.83. The molecular formula is C15H19O4P. The van der Waals surface area contributed by atoms with E-state index < -0.39 is 13.1 Å². The highest BCUT2D eigenvalue weighted by Crippen LogP contribution is 2.51. The van der Waals surface area contributed by atoms with Gasteiger partial charge in [-0.25, -0.2) is 0 Å². The molecule has 0 saturated heterocycles. The average Bonchev–Trinajstić information content (AvgIpc) is 2.48. The van der Waals surface area contributed by atoms with Crippen LogP contribution in [0.4, 0.5) is 0 Å². The summed E-state index contributed by atoms with van der Waals surface area (Å²) in [4.78, 5) is 12.3. The molecule has 108 valence electrons. The number of hydrogen-bond acceptors (Lipinski definition) is 4. The summed E-state index contributed by atoms with van der Waals surface area (Å²) < 4.78 is 23.0. The molecule has 0 aliphatic rings. The van der Waals surface area contributed by atoms with Crippen molar-refractivity contribution in [1.29, 1.82) is 0 Å². The van der Waals surface area contributed by atoms with Crippen LogP contribution in [-0.4, -0.2) is 18.7 Å². The van der Waals surface area contributed by atoms with E-state index in [0.29, 0.717) is 5.56 Å². The molecule has 1 aromatic carbocycles. The lowest BCUT2D eigenvalue weighted by Gasteiger charge is -2.15. The molecular weight excluding hydrogens is 275 g/mol. The third kappa shape index (κ3) is 4.89. The maximum absolute atomic E-state index is 12.6. The Morgan fingerprint density at radius 3 is 2.00 bits per heavy atom. The van der Waals surface area contributed by atoms with Gasteiger partial charge in [-0.3, -0.25) is 18.4 Å². The fourth-order valence-electron chi connectivity index (χ4n) is 1.37. The van der Waals surface area contributed by atoms with Crippen molar-refractivity contribution in [3.63, 3.8) is 0 Å². The Morgan fingerprint density at radius 1 is 1.05 bits per heavy atom. The van der Waals surface area contributed by atoms with Gasteiger partial charge in [-0.1, -0.05) is 54.6 Å². The molecule has 0 aromatic heterocycles. The highest BCUT2D eigenvalue weighted by molar-refractivity contribution is 7.72. The van der Waals surface area contributed by atoms with Crippen molar-refractivity contribution in [1.82, 2.24) is 0 Å². The summed E-state index contributed by atoms with van der Waals surface area (Å²) in [5.41, 5.74) is -0.302. The van der Waals surface area contributed by atoms with Gasteiger partial charge in [-0.2, -0.15) is 0 Å². The first-order valence-electron chi connectivity index (χ1n) is 6.35. The van der Waals surface area contributed by atoms with Crippen LogP contribution in [0.1, 0.15) is 24.2 Å². The maximum Gasteiger partial charge on any atom is 0.402 e. The van der Waals surface area contributed by atoms with Crippen LogP contribution in [0.25, 0.3) is 0 Å². The Balaban J connectivity index is 2.90. The number of benzene rings is 1. The van der Waals surface area contributed by atoms with E-state index in [0.717, 1.165) is 0 Å². The van der Waals surface area contributed by atoms with Crippen molar-refractivity contribution < 1.29 is 18.4 Å². The van der Waals surface area contributed by atoms with Gasteiger partial charge in [0.25, 0.3) is 5.52 Å². The van der Waals surface area contributed by atoms with Crippen molar-refractivity contribution in [3.05, 3.63) is 60.2 Å². The van der Waals surface area contributed by atoms with Crippen LogP contribution in [-0.2, 0) is 13.6 Å². The molecule has 0 bridgehead atoms. The number of carbonyl (C=O) groups excluding carboxylic acids is 1. The van der Waals surface area contributed by atoms with E-state index in [2.05, 4.69) is 0 Å². The largest absolute Gasteiger partial charge is 0.402 e. The topological polar surface area (TPSA) is 52.6 Å². The SMILES string of the molecule is CC=CCOP(=O)(OCC=CC)C(=O)c1ccccc1. The van der Waals surface area contributed by atoms with Gasteiger partial charge in [-0.05, 0) is 13.8 Å². The molecule has 0 saturated carbocycles. The minimum absolute atomic E-state index is 0.0716. The zero-order chi connectivity index (χ0) is 14.8. The van der Waals surface area contributed by atoms with E-state index in [-0.39, 0.29) is 13.2 Å². The van der Waals surface area contributed by atoms with Gasteiger partial charge >= 0.3 is 7.60 Å². The third-order valence-corrected chi connectivity index (χ3v) is 4.16. The summed E-state index contributed by atoms with van der Waals surface area (Å²) >= 11 is 0. The Labute approximate surface area is 119 Å². The van der Waals surface area contributed by atoms with Crippen LogP contribution in [0.15, 0.2) is 54.6 Å². The quantitative estimate of drug-likeness (QED) is 0.532. The molecule has 0 N–H and O–H groups in total. The second kappa shape index (κ2) is 8.64. The smallest absolute Gasteiger partial charge is 0.299 e. The Morgan fingerprint density at radius 2 is 1.55 bits per heavy atom. The molecule has 0 heterocycles. The van der Waals surface area contributed by atoms with E-state index in [4.69, 9.17) is 9.05 Å². The van der Waals surface area contributed by atoms with E-state index in [9.17, 15) is 9.36 Å². The van der Waals surface area contributed by atoms with Crippen LogP contribution in [0.2, 0.25) is 0 Å². The molecule has 5 heteroatoms. The van der Waals surface area contributed by atoms with Crippen LogP contribution in [0.5, 0.6) is 0 Å². The molecule has 4 nitrogen and oxygen atoms in total. The molecule has 0 radical (unpaired) electrons. The van der Waals surface area contributed by atoms with Gasteiger partial charge in [0.15, 0.2) is 0 Å². The number of carbonyl (C=O) groups is 1. The number of allylic oxidation sites excluding steroid dienone is 2. The van der Waals surface area contributed by atoms with Crippen LogP contribution in [0, 0.1) is 0 Å². The maximum atomic E-state index is 12.6. The Bertz CT molecular complexity index is 500. The van der Waals surface area contributed by atoms with Crippen molar-refractivity contribution >= 4 is 13.1 Å². The molecule has 0 fully saturated rings. The van der Waals surface area contributed by atoms with Gasteiger partial charge in [0.05, 0.1) is 13.2 Å². The van der Waals surface area contributed by atoms with Crippen LogP contribution < -0.4 is 0 Å². The second-order valence-corrected chi connectivity index (χ2v) is 5.82. The first-order valence-corrected chi connectivity index (χ1v) is 7.89. The zero-order valence-electron chi connectivity index (χ0n) is 11.7. The number of rotatable bonds is 8. The highest BCUT2D eigenvalue weighted by atomic mass is 31.2. The normalized spacial score (nSPS) is 14.7. The average molecular weight is 294 g/mol. The van der Waals surface area contributed by atoms with Gasteiger partial charge in [0.1, 0.15) is 0 Å². The lowest BCUT2D eigenvalue weighted by molar-refractivity contribution is 0.101. The summed E-state index contributed by atoms with van der Waals surface area (Å²) in [5, 5.41) is 0. The molecule has 1 aromatic rings. The minimum Gasteiger partial charge on any atom is -0.299 e. The molecule has 0 aliphatic heterocycles. The van der Waals surface area contributed by atoms with Crippen molar-refractivity contribution in [2.75, 3.05) is 13.2 Å². The summed E-state index contributed by atoms with van der Waals surface area (Å²) in [6.45, 7) is 3.77. The molecule has 1 rings (SSSR count). The first kappa shape index (κ1) is 16.6. The molecule has 0 spiro atoms. The fourth-order valence-corrected chi connectivity index (χ4v) is 2.71. The Kier molecular flexibility index (Phi) is 7.16. The predicted octanol–water partition coefficient (Wildman–Crippen LogP) is 4.21. The lowest BCUT2D eigenvalue weighted by Crippen LogP contribution is -2.08. The van der Waals surface area contributed by atoms with Crippen molar-refractivity contribution in [3.8, 4) is 0 Å². The van der Waals surface area contributed by atoms with E-state index in [1.54, 1.807) is 54.6 Å². The summed E-state index contributed by atoms with van der Waals surface area (Å²) in [6, 6.07) is 8.37. The first-order chi connectivity index (χ1) is 9.64. The van der Waals surface area contributed by atoms with Crippen LogP contribution >= 0.6 is 7.60 Å². The predicted molar refractivity (Wildman–Crippen MR) is 79.9 cm³/mol. The van der Waals surface area contributed by atoms with E-state index in [1.807, 2.05) is 13.8 Å². The fraction of sp³-hybridized carbons (Fsp3) is 0.267. The number of hydrogen-bond donors (Lipinski definition) is 0. The standard InChI is InChI=1S/C15H19O4P/c1-3-5-12-18-20(17,19-13-6-4-2)15(16)14-10-8-7-9-11-14/h3-11H,12-13H2,1-2H3. The lowest BCUT2D eigenvalue weighted by atomic mass is 10.2. The Hall–Kier alpha value is -1.48. The highest BCUT2D eigenvalue weighted by Gasteiger charge is 2.35. The van der Waals surface area contributed by atoms with Gasteiger partial charge in [-0.15, -0.1) is 0 Å².